The lowest BCUT2D eigenvalue weighted by Crippen LogP contribution is -2.21. The Hall–Kier alpha value is -1.66. The van der Waals surface area contributed by atoms with Gasteiger partial charge in [-0.3, -0.25) is 14.3 Å². The predicted octanol–water partition coefficient (Wildman–Crippen LogP) is 2.93. The molecule has 0 saturated carbocycles. The Morgan fingerprint density at radius 1 is 1.22 bits per heavy atom. The van der Waals surface area contributed by atoms with Gasteiger partial charge in [-0.2, -0.15) is 0 Å². The van der Waals surface area contributed by atoms with E-state index < -0.39 is 0 Å². The molecule has 0 bridgehead atoms. The molecule has 5 nitrogen and oxygen atoms in total. The van der Waals surface area contributed by atoms with Gasteiger partial charge in [0.1, 0.15) is 5.78 Å². The largest absolute Gasteiger partial charge is 0.299 e. The summed E-state index contributed by atoms with van der Waals surface area (Å²) in [4.78, 5) is 14.0. The predicted molar refractivity (Wildman–Crippen MR) is 91.9 cm³/mol. The van der Waals surface area contributed by atoms with Gasteiger partial charge in [-0.1, -0.05) is 30.0 Å². The molecule has 0 amide bonds. The Kier molecular flexibility index (Phi) is 5.13. The summed E-state index contributed by atoms with van der Waals surface area (Å²) in [6.07, 6.45) is 2.50. The molecular weight excluding hydrogens is 308 g/mol. The van der Waals surface area contributed by atoms with Gasteiger partial charge in [-0.25, -0.2) is 0 Å². The molecule has 1 aromatic carbocycles. The highest BCUT2D eigenvalue weighted by molar-refractivity contribution is 8.00. The molecule has 1 unspecified atom stereocenters. The van der Waals surface area contributed by atoms with Crippen LogP contribution in [-0.2, 0) is 11.3 Å². The molecule has 1 aromatic heterocycles. The summed E-state index contributed by atoms with van der Waals surface area (Å²) >= 11 is 1.47. The third-order valence-electron chi connectivity index (χ3n) is 4.13. The molecule has 6 heteroatoms. The number of hydrogen-bond acceptors (Lipinski definition) is 5. The number of rotatable bonds is 6. The molecule has 23 heavy (non-hydrogen) atoms. The van der Waals surface area contributed by atoms with E-state index in [-0.39, 0.29) is 11.0 Å². The van der Waals surface area contributed by atoms with Gasteiger partial charge >= 0.3 is 0 Å². The SMILES string of the molecule is CC(=O)C(C)Sc1nnc(CN2CCCC2)n1-c1ccccc1. The third kappa shape index (κ3) is 3.82. The number of carbonyl (C=O) groups is 1. The van der Waals surface area contributed by atoms with Crippen molar-refractivity contribution in [3.8, 4) is 5.69 Å². The van der Waals surface area contributed by atoms with E-state index in [2.05, 4.69) is 31.8 Å². The fourth-order valence-corrected chi connectivity index (χ4v) is 3.58. The smallest absolute Gasteiger partial charge is 0.196 e. The number of ketones is 1. The van der Waals surface area contributed by atoms with Crippen molar-refractivity contribution in [1.29, 1.82) is 0 Å². The number of thioether (sulfide) groups is 1. The maximum absolute atomic E-state index is 11.6. The highest BCUT2D eigenvalue weighted by Gasteiger charge is 2.21. The van der Waals surface area contributed by atoms with Crippen LogP contribution in [0.4, 0.5) is 0 Å². The van der Waals surface area contributed by atoms with E-state index in [1.165, 1.54) is 24.6 Å². The summed E-state index contributed by atoms with van der Waals surface area (Å²) in [5, 5.41) is 9.42. The van der Waals surface area contributed by atoms with E-state index >= 15 is 0 Å². The maximum atomic E-state index is 11.6. The summed E-state index contributed by atoms with van der Waals surface area (Å²) in [5.74, 6) is 1.09. The first kappa shape index (κ1) is 16.2. The first-order chi connectivity index (χ1) is 11.1. The topological polar surface area (TPSA) is 51.0 Å². The van der Waals surface area contributed by atoms with E-state index in [0.717, 1.165) is 36.3 Å². The van der Waals surface area contributed by atoms with Crippen LogP contribution in [0.1, 0.15) is 32.5 Å². The standard InChI is InChI=1S/C17H22N4OS/c1-13(22)14(2)23-17-19-18-16(12-20-10-6-7-11-20)21(17)15-8-4-3-5-9-15/h3-5,8-9,14H,6-7,10-12H2,1-2H3. The van der Waals surface area contributed by atoms with Crippen LogP contribution in [0, 0.1) is 0 Å². The van der Waals surface area contributed by atoms with Gasteiger partial charge in [0.15, 0.2) is 11.0 Å². The van der Waals surface area contributed by atoms with Crippen molar-refractivity contribution < 1.29 is 4.79 Å². The fourth-order valence-electron chi connectivity index (χ4n) is 2.70. The van der Waals surface area contributed by atoms with Crippen LogP contribution in [0.3, 0.4) is 0 Å². The van der Waals surface area contributed by atoms with Gasteiger partial charge in [0.25, 0.3) is 0 Å². The van der Waals surface area contributed by atoms with Gasteiger partial charge in [0.2, 0.25) is 0 Å². The number of nitrogens with zero attached hydrogens (tertiary/aromatic N) is 4. The van der Waals surface area contributed by atoms with Crippen LogP contribution in [0.25, 0.3) is 5.69 Å². The zero-order chi connectivity index (χ0) is 16.2. The van der Waals surface area contributed by atoms with Gasteiger partial charge in [-0.15, -0.1) is 10.2 Å². The van der Waals surface area contributed by atoms with E-state index in [1.54, 1.807) is 6.92 Å². The fraction of sp³-hybridized carbons (Fsp3) is 0.471. The summed E-state index contributed by atoms with van der Waals surface area (Å²) in [5.41, 5.74) is 1.05. The zero-order valence-corrected chi connectivity index (χ0v) is 14.4. The lowest BCUT2D eigenvalue weighted by atomic mass is 10.3. The third-order valence-corrected chi connectivity index (χ3v) is 5.29. The Labute approximate surface area is 141 Å². The average molecular weight is 330 g/mol. The summed E-state index contributed by atoms with van der Waals surface area (Å²) in [6.45, 7) is 6.57. The van der Waals surface area contributed by atoms with Crippen LogP contribution >= 0.6 is 11.8 Å². The molecule has 0 aliphatic carbocycles. The minimum atomic E-state index is -0.124. The van der Waals surface area contributed by atoms with E-state index in [0.29, 0.717) is 0 Å². The van der Waals surface area contributed by atoms with Crippen molar-refractivity contribution in [1.82, 2.24) is 19.7 Å². The van der Waals surface area contributed by atoms with Gasteiger partial charge in [0, 0.05) is 5.69 Å². The number of Topliss-reactive ketones (excluding diaryl/α,β-unsaturated/α-hetero) is 1. The summed E-state index contributed by atoms with van der Waals surface area (Å²) in [7, 11) is 0. The Balaban J connectivity index is 1.92. The van der Waals surface area contributed by atoms with Crippen molar-refractivity contribution >= 4 is 17.5 Å². The molecule has 1 fully saturated rings. The van der Waals surface area contributed by atoms with Crippen LogP contribution in [0.5, 0.6) is 0 Å². The quantitative estimate of drug-likeness (QED) is 0.762. The number of hydrogen-bond donors (Lipinski definition) is 0. The highest BCUT2D eigenvalue weighted by Crippen LogP contribution is 2.27. The number of carbonyl (C=O) groups excluding carboxylic acids is 1. The van der Waals surface area contributed by atoms with Crippen LogP contribution < -0.4 is 0 Å². The molecule has 2 aromatic rings. The highest BCUT2D eigenvalue weighted by atomic mass is 32.2. The molecular formula is C17H22N4OS. The summed E-state index contributed by atoms with van der Waals surface area (Å²) in [6, 6.07) is 10.1. The molecule has 1 atom stereocenters. The van der Waals surface area contributed by atoms with Crippen molar-refractivity contribution in [3.05, 3.63) is 36.2 Å². The molecule has 0 spiro atoms. The first-order valence-electron chi connectivity index (χ1n) is 8.04. The normalized spacial score (nSPS) is 16.6. The summed E-state index contributed by atoms with van der Waals surface area (Å²) < 4.78 is 2.09. The van der Waals surface area contributed by atoms with Gasteiger partial charge < -0.3 is 0 Å². The molecule has 0 N–H and O–H groups in total. The molecule has 1 saturated heterocycles. The van der Waals surface area contributed by atoms with Crippen molar-refractivity contribution in [2.45, 2.75) is 43.6 Å². The van der Waals surface area contributed by atoms with Gasteiger partial charge in [-0.05, 0) is 51.9 Å². The van der Waals surface area contributed by atoms with Crippen LogP contribution in [0.15, 0.2) is 35.5 Å². The second-order valence-electron chi connectivity index (χ2n) is 5.92. The number of aromatic nitrogens is 3. The first-order valence-corrected chi connectivity index (χ1v) is 8.92. The van der Waals surface area contributed by atoms with E-state index in [4.69, 9.17) is 0 Å². The lowest BCUT2D eigenvalue weighted by Gasteiger charge is -2.16. The van der Waals surface area contributed by atoms with E-state index in [1.807, 2.05) is 25.1 Å². The Morgan fingerprint density at radius 3 is 2.57 bits per heavy atom. The molecule has 1 aliphatic heterocycles. The Morgan fingerprint density at radius 2 is 1.91 bits per heavy atom. The average Bonchev–Trinajstić information content (AvgIpc) is 3.19. The van der Waals surface area contributed by atoms with Crippen LogP contribution in [-0.4, -0.2) is 43.8 Å². The minimum absolute atomic E-state index is 0.124. The molecule has 122 valence electrons. The zero-order valence-electron chi connectivity index (χ0n) is 13.6. The minimum Gasteiger partial charge on any atom is -0.299 e. The lowest BCUT2D eigenvalue weighted by molar-refractivity contribution is -0.116. The second-order valence-corrected chi connectivity index (χ2v) is 7.23. The second kappa shape index (κ2) is 7.27. The molecule has 0 radical (unpaired) electrons. The van der Waals surface area contributed by atoms with Gasteiger partial charge in [0.05, 0.1) is 11.8 Å². The van der Waals surface area contributed by atoms with Crippen molar-refractivity contribution in [2.24, 2.45) is 0 Å². The van der Waals surface area contributed by atoms with Crippen molar-refractivity contribution in [2.75, 3.05) is 13.1 Å². The maximum Gasteiger partial charge on any atom is 0.196 e. The molecule has 2 heterocycles. The van der Waals surface area contributed by atoms with Crippen LogP contribution in [0.2, 0.25) is 0 Å². The number of benzene rings is 1. The monoisotopic (exact) mass is 330 g/mol. The number of para-hydroxylation sites is 1. The molecule has 3 rings (SSSR count). The Bertz CT molecular complexity index is 664. The van der Waals surface area contributed by atoms with E-state index in [9.17, 15) is 4.79 Å². The van der Waals surface area contributed by atoms with Crippen molar-refractivity contribution in [3.63, 3.8) is 0 Å². The number of likely N-dealkylation sites (tertiary alicyclic amines) is 1. The molecule has 1 aliphatic rings.